The Morgan fingerprint density at radius 1 is 1.44 bits per heavy atom. The number of halogens is 1. The minimum atomic E-state index is -0.0174. The molecular formula is C12H18BrN5. The standard InChI is InChI=1S/C12H18BrN5/c1-12(2,17(3)4)7-18-10-9(16-11(18)14)5-8(13)6-15-10/h5-6H,7H2,1-4H3,(H2,14,16). The molecule has 0 saturated carbocycles. The number of nitrogens with two attached hydrogens (primary N) is 1. The first-order valence-electron chi connectivity index (χ1n) is 5.76. The lowest BCUT2D eigenvalue weighted by atomic mass is 10.0. The summed E-state index contributed by atoms with van der Waals surface area (Å²) in [5.74, 6) is 0.505. The summed E-state index contributed by atoms with van der Waals surface area (Å²) >= 11 is 3.39. The summed E-state index contributed by atoms with van der Waals surface area (Å²) in [4.78, 5) is 10.9. The number of likely N-dealkylation sites (N-methyl/N-ethyl adjacent to an activating group) is 1. The highest BCUT2D eigenvalue weighted by Crippen LogP contribution is 2.23. The quantitative estimate of drug-likeness (QED) is 0.943. The number of nitrogen functional groups attached to an aromatic ring is 1. The van der Waals surface area contributed by atoms with Gasteiger partial charge >= 0.3 is 0 Å². The zero-order chi connectivity index (χ0) is 13.5. The van der Waals surface area contributed by atoms with Gasteiger partial charge in [0.1, 0.15) is 5.52 Å². The van der Waals surface area contributed by atoms with E-state index in [0.29, 0.717) is 5.95 Å². The van der Waals surface area contributed by atoms with Gasteiger partial charge in [-0.05, 0) is 49.9 Å². The first-order valence-corrected chi connectivity index (χ1v) is 6.55. The molecule has 0 unspecified atom stereocenters. The van der Waals surface area contributed by atoms with E-state index < -0.39 is 0 Å². The van der Waals surface area contributed by atoms with Gasteiger partial charge in [-0.25, -0.2) is 9.97 Å². The third-order valence-corrected chi connectivity index (χ3v) is 3.77. The second kappa shape index (κ2) is 4.51. The van der Waals surface area contributed by atoms with Crippen molar-refractivity contribution < 1.29 is 0 Å². The topological polar surface area (TPSA) is 60.0 Å². The molecule has 0 aliphatic rings. The molecule has 0 bridgehead atoms. The average Bonchev–Trinajstić information content (AvgIpc) is 2.54. The Hall–Kier alpha value is -1.14. The Bertz CT molecular complexity index is 573. The van der Waals surface area contributed by atoms with E-state index in [0.717, 1.165) is 22.2 Å². The van der Waals surface area contributed by atoms with E-state index in [-0.39, 0.29) is 5.54 Å². The lowest BCUT2D eigenvalue weighted by Crippen LogP contribution is -2.42. The Labute approximate surface area is 115 Å². The number of fused-ring (bicyclic) bond motifs is 1. The van der Waals surface area contributed by atoms with Crippen LogP contribution in [0.1, 0.15) is 13.8 Å². The van der Waals surface area contributed by atoms with Crippen molar-refractivity contribution >= 4 is 33.0 Å². The number of imidazole rings is 1. The fraction of sp³-hybridized carbons (Fsp3) is 0.500. The Balaban J connectivity index is 2.48. The molecule has 5 nitrogen and oxygen atoms in total. The van der Waals surface area contributed by atoms with Crippen molar-refractivity contribution in [2.75, 3.05) is 19.8 Å². The molecular weight excluding hydrogens is 294 g/mol. The predicted octanol–water partition coefficient (Wildman–Crippen LogP) is 2.12. The van der Waals surface area contributed by atoms with Crippen LogP contribution in [0.4, 0.5) is 5.95 Å². The fourth-order valence-corrected chi connectivity index (χ4v) is 2.01. The third-order valence-electron chi connectivity index (χ3n) is 3.34. The number of nitrogens with zero attached hydrogens (tertiary/aromatic N) is 4. The maximum atomic E-state index is 5.99. The predicted molar refractivity (Wildman–Crippen MR) is 77.4 cm³/mol. The summed E-state index contributed by atoms with van der Waals surface area (Å²) in [6.45, 7) is 5.07. The van der Waals surface area contributed by atoms with Crippen LogP contribution < -0.4 is 5.73 Å². The number of anilines is 1. The Morgan fingerprint density at radius 2 is 2.11 bits per heavy atom. The average molecular weight is 312 g/mol. The molecule has 0 spiro atoms. The van der Waals surface area contributed by atoms with E-state index in [9.17, 15) is 0 Å². The maximum absolute atomic E-state index is 5.99. The molecule has 0 fully saturated rings. The summed E-state index contributed by atoms with van der Waals surface area (Å²) in [5.41, 5.74) is 7.61. The normalized spacial score (nSPS) is 12.6. The summed E-state index contributed by atoms with van der Waals surface area (Å²) < 4.78 is 2.87. The van der Waals surface area contributed by atoms with Gasteiger partial charge in [-0.15, -0.1) is 0 Å². The molecule has 18 heavy (non-hydrogen) atoms. The second-order valence-corrected chi connectivity index (χ2v) is 6.17. The lowest BCUT2D eigenvalue weighted by molar-refractivity contribution is 0.172. The minimum Gasteiger partial charge on any atom is -0.369 e. The van der Waals surface area contributed by atoms with Gasteiger partial charge in [0.25, 0.3) is 0 Å². The summed E-state index contributed by atoms with van der Waals surface area (Å²) in [6.07, 6.45) is 1.77. The molecule has 2 rings (SSSR count). The summed E-state index contributed by atoms with van der Waals surface area (Å²) in [5, 5.41) is 0. The van der Waals surface area contributed by atoms with Crippen molar-refractivity contribution in [2.24, 2.45) is 0 Å². The molecule has 2 aromatic rings. The largest absolute Gasteiger partial charge is 0.369 e. The number of aromatic nitrogens is 3. The Morgan fingerprint density at radius 3 is 2.72 bits per heavy atom. The highest BCUT2D eigenvalue weighted by atomic mass is 79.9. The van der Waals surface area contributed by atoms with E-state index >= 15 is 0 Å². The van der Waals surface area contributed by atoms with Crippen molar-refractivity contribution in [3.8, 4) is 0 Å². The molecule has 98 valence electrons. The summed E-state index contributed by atoms with van der Waals surface area (Å²) in [7, 11) is 4.11. The van der Waals surface area contributed by atoms with Gasteiger partial charge in [0, 0.05) is 22.8 Å². The molecule has 2 heterocycles. The molecule has 0 radical (unpaired) electrons. The van der Waals surface area contributed by atoms with Crippen LogP contribution >= 0.6 is 15.9 Å². The van der Waals surface area contributed by atoms with Gasteiger partial charge in [-0.3, -0.25) is 4.57 Å². The first kappa shape index (κ1) is 13.3. The van der Waals surface area contributed by atoms with Crippen LogP contribution in [0.25, 0.3) is 11.2 Å². The van der Waals surface area contributed by atoms with Crippen LogP contribution in [0.3, 0.4) is 0 Å². The molecule has 0 aliphatic heterocycles. The van der Waals surface area contributed by atoms with Crippen LogP contribution in [0.2, 0.25) is 0 Å². The van der Waals surface area contributed by atoms with Crippen LogP contribution in [-0.2, 0) is 6.54 Å². The molecule has 2 N–H and O–H groups in total. The van der Waals surface area contributed by atoms with Crippen molar-refractivity contribution in [2.45, 2.75) is 25.9 Å². The molecule has 2 aromatic heterocycles. The maximum Gasteiger partial charge on any atom is 0.202 e. The molecule has 0 amide bonds. The monoisotopic (exact) mass is 311 g/mol. The Kier molecular flexibility index (Phi) is 3.33. The number of rotatable bonds is 3. The second-order valence-electron chi connectivity index (χ2n) is 5.26. The first-order chi connectivity index (χ1) is 8.31. The summed E-state index contributed by atoms with van der Waals surface area (Å²) in [6, 6.07) is 1.93. The van der Waals surface area contributed by atoms with Crippen LogP contribution in [0.5, 0.6) is 0 Å². The number of pyridine rings is 1. The van der Waals surface area contributed by atoms with Crippen LogP contribution in [-0.4, -0.2) is 39.1 Å². The third kappa shape index (κ3) is 2.35. The van der Waals surface area contributed by atoms with Gasteiger partial charge < -0.3 is 10.6 Å². The zero-order valence-corrected chi connectivity index (χ0v) is 12.7. The van der Waals surface area contributed by atoms with E-state index in [1.165, 1.54) is 0 Å². The zero-order valence-electron chi connectivity index (χ0n) is 11.1. The van der Waals surface area contributed by atoms with Crippen molar-refractivity contribution in [1.29, 1.82) is 0 Å². The molecule has 0 aromatic carbocycles. The van der Waals surface area contributed by atoms with E-state index in [4.69, 9.17) is 5.73 Å². The smallest absolute Gasteiger partial charge is 0.202 e. The van der Waals surface area contributed by atoms with Crippen LogP contribution in [0, 0.1) is 0 Å². The van der Waals surface area contributed by atoms with E-state index in [2.05, 4.69) is 58.7 Å². The number of hydrogen-bond donors (Lipinski definition) is 1. The highest BCUT2D eigenvalue weighted by molar-refractivity contribution is 9.10. The van der Waals surface area contributed by atoms with E-state index in [1.54, 1.807) is 6.20 Å². The van der Waals surface area contributed by atoms with Gasteiger partial charge in [-0.2, -0.15) is 0 Å². The van der Waals surface area contributed by atoms with Gasteiger partial charge in [0.15, 0.2) is 5.65 Å². The molecule has 0 saturated heterocycles. The SMILES string of the molecule is CN(C)C(C)(C)Cn1c(N)nc2cc(Br)cnc21. The van der Waals surface area contributed by atoms with Crippen molar-refractivity contribution in [3.63, 3.8) is 0 Å². The minimum absolute atomic E-state index is 0.0174. The lowest BCUT2D eigenvalue weighted by Gasteiger charge is -2.33. The molecule has 0 aliphatic carbocycles. The van der Waals surface area contributed by atoms with Gasteiger partial charge in [-0.1, -0.05) is 0 Å². The molecule has 0 atom stereocenters. The van der Waals surface area contributed by atoms with Gasteiger partial charge in [0.2, 0.25) is 5.95 Å². The van der Waals surface area contributed by atoms with Gasteiger partial charge in [0.05, 0.1) is 0 Å². The fourth-order valence-electron chi connectivity index (χ4n) is 1.69. The van der Waals surface area contributed by atoms with E-state index in [1.807, 2.05) is 10.6 Å². The molecule has 6 heteroatoms. The highest BCUT2D eigenvalue weighted by Gasteiger charge is 2.23. The van der Waals surface area contributed by atoms with Crippen molar-refractivity contribution in [1.82, 2.24) is 19.4 Å². The van der Waals surface area contributed by atoms with Crippen molar-refractivity contribution in [3.05, 3.63) is 16.7 Å². The van der Waals surface area contributed by atoms with Crippen LogP contribution in [0.15, 0.2) is 16.7 Å². The number of hydrogen-bond acceptors (Lipinski definition) is 4.